The van der Waals surface area contributed by atoms with Gasteiger partial charge < -0.3 is 9.88 Å². The molecule has 140 valence electrons. The molecule has 0 aliphatic carbocycles. The summed E-state index contributed by atoms with van der Waals surface area (Å²) in [5.41, 5.74) is 1.81. The molecule has 0 radical (unpaired) electrons. The van der Waals surface area contributed by atoms with Crippen molar-refractivity contribution in [3.05, 3.63) is 51.9 Å². The van der Waals surface area contributed by atoms with Crippen molar-refractivity contribution in [3.8, 4) is 11.1 Å². The van der Waals surface area contributed by atoms with Crippen molar-refractivity contribution in [1.29, 1.82) is 0 Å². The summed E-state index contributed by atoms with van der Waals surface area (Å²) in [4.78, 5) is 37.2. The molecule has 0 bridgehead atoms. The lowest BCUT2D eigenvalue weighted by Gasteiger charge is -2.25. The molecule has 1 atom stereocenters. The number of fused-ring (bicyclic) bond motifs is 1. The molecule has 1 unspecified atom stereocenters. The van der Waals surface area contributed by atoms with E-state index in [9.17, 15) is 9.59 Å². The van der Waals surface area contributed by atoms with Gasteiger partial charge in [0.25, 0.3) is 5.56 Å². The molecule has 7 heteroatoms. The first-order valence-corrected chi connectivity index (χ1v) is 9.93. The number of rotatable bonds is 4. The van der Waals surface area contributed by atoms with Crippen molar-refractivity contribution >= 4 is 27.5 Å². The van der Waals surface area contributed by atoms with Gasteiger partial charge in [-0.2, -0.15) is 0 Å². The molecule has 3 heterocycles. The number of thiophene rings is 1. The molecule has 6 nitrogen and oxygen atoms in total. The van der Waals surface area contributed by atoms with E-state index in [-0.39, 0.29) is 17.5 Å². The van der Waals surface area contributed by atoms with Crippen LogP contribution in [0.15, 0.2) is 40.5 Å². The lowest BCUT2D eigenvalue weighted by atomic mass is 10.1. The molecule has 1 N–H and O–H groups in total. The van der Waals surface area contributed by atoms with E-state index < -0.39 is 0 Å². The number of nitrogens with one attached hydrogen (secondary N) is 1. The van der Waals surface area contributed by atoms with Gasteiger partial charge in [0, 0.05) is 25.0 Å². The Balaban J connectivity index is 1.65. The van der Waals surface area contributed by atoms with Crippen LogP contribution in [0.5, 0.6) is 0 Å². The number of likely N-dealkylation sites (tertiary alicyclic amines) is 1. The van der Waals surface area contributed by atoms with Crippen molar-refractivity contribution in [2.45, 2.75) is 25.4 Å². The van der Waals surface area contributed by atoms with Crippen LogP contribution in [0.1, 0.15) is 18.7 Å². The van der Waals surface area contributed by atoms with Gasteiger partial charge >= 0.3 is 0 Å². The molecule has 3 aromatic rings. The highest BCUT2D eigenvalue weighted by Gasteiger charge is 2.32. The highest BCUT2D eigenvalue weighted by molar-refractivity contribution is 7.17. The second-order valence-corrected chi connectivity index (χ2v) is 7.93. The Bertz CT molecular complexity index is 1030. The second-order valence-electron chi connectivity index (χ2n) is 7.07. The van der Waals surface area contributed by atoms with Crippen LogP contribution in [-0.2, 0) is 11.3 Å². The summed E-state index contributed by atoms with van der Waals surface area (Å²) in [6, 6.07) is 9.74. The second kappa shape index (κ2) is 7.25. The van der Waals surface area contributed by atoms with Gasteiger partial charge in [0.15, 0.2) is 0 Å². The minimum Gasteiger partial charge on any atom is -0.347 e. The first-order valence-electron chi connectivity index (χ1n) is 9.05. The van der Waals surface area contributed by atoms with Crippen LogP contribution in [0.4, 0.5) is 0 Å². The van der Waals surface area contributed by atoms with E-state index >= 15 is 0 Å². The predicted molar refractivity (Wildman–Crippen MR) is 108 cm³/mol. The number of H-pyrrole nitrogens is 1. The fourth-order valence-corrected chi connectivity index (χ4v) is 4.65. The molecule has 1 aliphatic rings. The maximum Gasteiger partial charge on any atom is 0.260 e. The predicted octanol–water partition coefficient (Wildman–Crippen LogP) is 2.70. The SMILES string of the molecule is CN(C)C(=O)C1CCCN1Cc1nc2scc(-c3ccccc3)c2c(=O)[nH]1. The topological polar surface area (TPSA) is 69.3 Å². The van der Waals surface area contributed by atoms with Gasteiger partial charge in [-0.05, 0) is 24.9 Å². The lowest BCUT2D eigenvalue weighted by molar-refractivity contribution is -0.133. The molecule has 4 rings (SSSR count). The fourth-order valence-electron chi connectivity index (χ4n) is 3.68. The van der Waals surface area contributed by atoms with Crippen LogP contribution in [0.3, 0.4) is 0 Å². The molecule has 2 aromatic heterocycles. The normalized spacial score (nSPS) is 17.5. The molecule has 0 spiro atoms. The summed E-state index contributed by atoms with van der Waals surface area (Å²) in [7, 11) is 3.56. The first kappa shape index (κ1) is 17.9. The summed E-state index contributed by atoms with van der Waals surface area (Å²) in [6.07, 6.45) is 1.83. The summed E-state index contributed by atoms with van der Waals surface area (Å²) in [6.45, 7) is 1.32. The van der Waals surface area contributed by atoms with Crippen molar-refractivity contribution < 1.29 is 4.79 Å². The third-order valence-corrected chi connectivity index (χ3v) is 5.89. The zero-order valence-electron chi connectivity index (χ0n) is 15.4. The Morgan fingerprint density at radius 1 is 1.33 bits per heavy atom. The lowest BCUT2D eigenvalue weighted by Crippen LogP contribution is -2.42. The number of aromatic amines is 1. The molecular formula is C20H22N4O2S. The summed E-state index contributed by atoms with van der Waals surface area (Å²) >= 11 is 1.48. The highest BCUT2D eigenvalue weighted by atomic mass is 32.1. The van der Waals surface area contributed by atoms with E-state index in [0.717, 1.165) is 35.3 Å². The number of nitrogens with zero attached hydrogens (tertiary/aromatic N) is 3. The average Bonchev–Trinajstić information content (AvgIpc) is 3.29. The van der Waals surface area contributed by atoms with E-state index in [2.05, 4.69) is 14.9 Å². The number of likely N-dealkylation sites (N-methyl/N-ethyl adjacent to an activating group) is 1. The van der Waals surface area contributed by atoms with E-state index in [1.807, 2.05) is 35.7 Å². The largest absolute Gasteiger partial charge is 0.347 e. The third kappa shape index (κ3) is 3.40. The Kier molecular flexibility index (Phi) is 4.80. The van der Waals surface area contributed by atoms with E-state index in [1.165, 1.54) is 11.3 Å². The van der Waals surface area contributed by atoms with E-state index in [4.69, 9.17) is 0 Å². The first-order chi connectivity index (χ1) is 13.0. The zero-order valence-corrected chi connectivity index (χ0v) is 16.3. The Hall–Kier alpha value is -2.51. The van der Waals surface area contributed by atoms with Gasteiger partial charge in [-0.3, -0.25) is 14.5 Å². The van der Waals surface area contributed by atoms with Crippen molar-refractivity contribution in [2.75, 3.05) is 20.6 Å². The Labute approximate surface area is 161 Å². The maximum absolute atomic E-state index is 12.8. The van der Waals surface area contributed by atoms with Gasteiger partial charge in [0.2, 0.25) is 5.91 Å². The molecule has 0 saturated carbocycles. The van der Waals surface area contributed by atoms with Crippen molar-refractivity contribution in [2.24, 2.45) is 0 Å². The van der Waals surface area contributed by atoms with Crippen LogP contribution >= 0.6 is 11.3 Å². The number of aromatic nitrogens is 2. The van der Waals surface area contributed by atoms with Gasteiger partial charge in [-0.1, -0.05) is 30.3 Å². The molecule has 1 aromatic carbocycles. The van der Waals surface area contributed by atoms with E-state index in [0.29, 0.717) is 17.8 Å². The Morgan fingerprint density at radius 2 is 2.11 bits per heavy atom. The molecular weight excluding hydrogens is 360 g/mol. The van der Waals surface area contributed by atoms with Crippen LogP contribution in [0.25, 0.3) is 21.3 Å². The van der Waals surface area contributed by atoms with Crippen LogP contribution < -0.4 is 5.56 Å². The van der Waals surface area contributed by atoms with Gasteiger partial charge in [-0.25, -0.2) is 4.98 Å². The minimum atomic E-state index is -0.135. The highest BCUT2D eigenvalue weighted by Crippen LogP contribution is 2.30. The monoisotopic (exact) mass is 382 g/mol. The van der Waals surface area contributed by atoms with Crippen molar-refractivity contribution in [1.82, 2.24) is 19.8 Å². The molecule has 1 aliphatic heterocycles. The summed E-state index contributed by atoms with van der Waals surface area (Å²) < 4.78 is 0. The number of amides is 1. The summed E-state index contributed by atoms with van der Waals surface area (Å²) in [5.74, 6) is 0.728. The van der Waals surface area contributed by atoms with Crippen LogP contribution in [-0.4, -0.2) is 52.4 Å². The summed E-state index contributed by atoms with van der Waals surface area (Å²) in [5, 5.41) is 2.62. The number of hydrogen-bond acceptors (Lipinski definition) is 5. The van der Waals surface area contributed by atoms with E-state index in [1.54, 1.807) is 19.0 Å². The van der Waals surface area contributed by atoms with Crippen LogP contribution in [0.2, 0.25) is 0 Å². The molecule has 1 fully saturated rings. The minimum absolute atomic E-state index is 0.110. The average molecular weight is 382 g/mol. The maximum atomic E-state index is 12.8. The number of carbonyl (C=O) groups excluding carboxylic acids is 1. The molecule has 1 amide bonds. The van der Waals surface area contributed by atoms with Crippen molar-refractivity contribution in [3.63, 3.8) is 0 Å². The Morgan fingerprint density at radius 3 is 2.85 bits per heavy atom. The number of benzene rings is 1. The van der Waals surface area contributed by atoms with Crippen LogP contribution in [0, 0.1) is 0 Å². The zero-order chi connectivity index (χ0) is 19.0. The van der Waals surface area contributed by atoms with Gasteiger partial charge in [0.05, 0.1) is 18.0 Å². The third-order valence-electron chi connectivity index (χ3n) is 5.02. The number of hydrogen-bond donors (Lipinski definition) is 1. The van der Waals surface area contributed by atoms with Gasteiger partial charge in [0.1, 0.15) is 10.7 Å². The smallest absolute Gasteiger partial charge is 0.260 e. The number of carbonyl (C=O) groups is 1. The quantitative estimate of drug-likeness (QED) is 0.753. The van der Waals surface area contributed by atoms with Gasteiger partial charge in [-0.15, -0.1) is 11.3 Å². The molecule has 1 saturated heterocycles. The molecule has 27 heavy (non-hydrogen) atoms. The standard InChI is InChI=1S/C20H22N4O2S/c1-23(2)20(26)15-9-6-10-24(15)11-16-21-18(25)17-14(12-27-19(17)22-16)13-7-4-3-5-8-13/h3-5,7-8,12,15H,6,9-11H2,1-2H3,(H,21,22,25). The fraction of sp³-hybridized carbons (Fsp3) is 0.350.